The normalized spacial score (nSPS) is 19.5. The summed E-state index contributed by atoms with van der Waals surface area (Å²) in [5.74, 6) is 2.09. The fourth-order valence-corrected chi connectivity index (χ4v) is 5.74. The van der Waals surface area contributed by atoms with Gasteiger partial charge in [0.1, 0.15) is 5.75 Å². The van der Waals surface area contributed by atoms with Gasteiger partial charge in [0.15, 0.2) is 11.5 Å². The number of para-hydroxylation sites is 1. The molecule has 2 aliphatic rings. The third-order valence-corrected chi connectivity index (χ3v) is 8.16. The molecule has 2 aliphatic heterocycles. The second-order valence-electron chi connectivity index (χ2n) is 11.1. The molecule has 1 saturated heterocycles. The number of carbonyl (C=O) groups excluding carboxylic acids is 2. The minimum absolute atomic E-state index is 0.0203. The average molecular weight is 612 g/mol. The van der Waals surface area contributed by atoms with Crippen LogP contribution in [0.4, 0.5) is 5.95 Å². The number of methoxy groups -OCH3 is 1. The molecule has 1 aromatic heterocycles. The molecule has 0 radical (unpaired) electrons. The van der Waals surface area contributed by atoms with Gasteiger partial charge in [-0.05, 0) is 77.7 Å². The number of rotatable bonds is 4. The SMILES string of the molecule is CCN1CC(=O)N[C@H]2CCN(c3nnnn3-c3ccccc3)C[C@@H]2OCc2cccc(c2)Oc2cc(ccc2OC)CCC1=O. The van der Waals surface area contributed by atoms with Crippen LogP contribution in [0.25, 0.3) is 5.69 Å². The molecule has 3 aromatic carbocycles. The first-order valence-corrected chi connectivity index (χ1v) is 15.2. The van der Waals surface area contributed by atoms with E-state index in [-0.39, 0.29) is 36.9 Å². The number of fused-ring (bicyclic) bond motifs is 5. The standard InChI is InChI=1S/C33H37N7O5/c1-3-38-21-31(41)34-27-16-17-39(33-35-36-37-40(33)25-9-5-4-6-10-25)20-30(27)44-22-24-8-7-11-26(18-24)45-29-19-23(13-15-32(38)42)12-14-28(29)43-2/h4-12,14,18-19,27,30H,3,13,15-17,20-22H2,1-2H3,(H,34,41)/t27-,30-/m0/s1. The van der Waals surface area contributed by atoms with Crippen molar-refractivity contribution in [3.63, 3.8) is 0 Å². The Hall–Kier alpha value is -4.97. The molecule has 4 bridgehead atoms. The van der Waals surface area contributed by atoms with Crippen molar-refractivity contribution in [2.75, 3.05) is 38.2 Å². The van der Waals surface area contributed by atoms with Crippen molar-refractivity contribution in [1.29, 1.82) is 0 Å². The van der Waals surface area contributed by atoms with E-state index in [1.165, 1.54) is 0 Å². The van der Waals surface area contributed by atoms with E-state index < -0.39 is 0 Å². The topological polar surface area (TPSA) is 124 Å². The summed E-state index contributed by atoms with van der Waals surface area (Å²) < 4.78 is 20.0. The van der Waals surface area contributed by atoms with Gasteiger partial charge in [0.05, 0.1) is 38.1 Å². The van der Waals surface area contributed by atoms with Gasteiger partial charge in [-0.3, -0.25) is 9.59 Å². The number of amides is 2. The quantitative estimate of drug-likeness (QED) is 0.369. The van der Waals surface area contributed by atoms with E-state index >= 15 is 0 Å². The summed E-state index contributed by atoms with van der Waals surface area (Å²) in [4.78, 5) is 30.1. The average Bonchev–Trinajstić information content (AvgIpc) is 3.56. The largest absolute Gasteiger partial charge is 0.493 e. The molecule has 12 nitrogen and oxygen atoms in total. The summed E-state index contributed by atoms with van der Waals surface area (Å²) in [5, 5.41) is 15.6. The Morgan fingerprint density at radius 1 is 1.00 bits per heavy atom. The highest BCUT2D eigenvalue weighted by atomic mass is 16.5. The van der Waals surface area contributed by atoms with Crippen LogP contribution in [-0.2, 0) is 27.4 Å². The van der Waals surface area contributed by atoms with Gasteiger partial charge in [-0.2, -0.15) is 4.68 Å². The summed E-state index contributed by atoms with van der Waals surface area (Å²) in [7, 11) is 1.60. The lowest BCUT2D eigenvalue weighted by Crippen LogP contribution is -2.57. The van der Waals surface area contributed by atoms with Crippen LogP contribution in [0.1, 0.15) is 30.9 Å². The van der Waals surface area contributed by atoms with Crippen molar-refractivity contribution in [1.82, 2.24) is 30.4 Å². The van der Waals surface area contributed by atoms with Crippen molar-refractivity contribution in [2.45, 2.75) is 44.9 Å². The fraction of sp³-hybridized carbons (Fsp3) is 0.364. The zero-order valence-corrected chi connectivity index (χ0v) is 25.5. The first-order chi connectivity index (χ1) is 22.0. The number of aryl methyl sites for hydroxylation is 1. The number of nitrogens with one attached hydrogen (secondary N) is 1. The molecule has 4 aromatic rings. The van der Waals surface area contributed by atoms with Crippen LogP contribution in [-0.4, -0.2) is 82.4 Å². The molecule has 0 unspecified atom stereocenters. The highest BCUT2D eigenvalue weighted by Gasteiger charge is 2.34. The maximum absolute atomic E-state index is 13.3. The molecular weight excluding hydrogens is 574 g/mol. The molecule has 1 fully saturated rings. The summed E-state index contributed by atoms with van der Waals surface area (Å²) in [5.41, 5.74) is 2.71. The van der Waals surface area contributed by atoms with Crippen molar-refractivity contribution in [3.8, 4) is 22.9 Å². The zero-order chi connectivity index (χ0) is 31.2. The number of tetrazole rings is 1. The van der Waals surface area contributed by atoms with Gasteiger partial charge in [0, 0.05) is 26.1 Å². The third-order valence-electron chi connectivity index (χ3n) is 8.16. The van der Waals surface area contributed by atoms with Gasteiger partial charge in [-0.1, -0.05) is 41.5 Å². The number of benzene rings is 3. The number of hydrogen-bond donors (Lipinski definition) is 1. The summed E-state index contributed by atoms with van der Waals surface area (Å²) >= 11 is 0. The van der Waals surface area contributed by atoms with E-state index in [1.807, 2.05) is 79.7 Å². The lowest BCUT2D eigenvalue weighted by atomic mass is 10.0. The Morgan fingerprint density at radius 3 is 2.69 bits per heavy atom. The van der Waals surface area contributed by atoms with E-state index in [1.54, 1.807) is 16.7 Å². The maximum Gasteiger partial charge on any atom is 0.250 e. The predicted molar refractivity (Wildman–Crippen MR) is 167 cm³/mol. The maximum atomic E-state index is 13.3. The van der Waals surface area contributed by atoms with Gasteiger partial charge < -0.3 is 29.3 Å². The van der Waals surface area contributed by atoms with Crippen LogP contribution >= 0.6 is 0 Å². The van der Waals surface area contributed by atoms with Crippen molar-refractivity contribution in [3.05, 3.63) is 83.9 Å². The molecule has 3 heterocycles. The lowest BCUT2D eigenvalue weighted by Gasteiger charge is -2.39. The van der Waals surface area contributed by atoms with E-state index in [0.717, 1.165) is 16.8 Å². The fourth-order valence-electron chi connectivity index (χ4n) is 5.74. The summed E-state index contributed by atoms with van der Waals surface area (Å²) in [6, 6.07) is 22.8. The number of carbonyl (C=O) groups is 2. The number of anilines is 1. The molecular formula is C33H37N7O5. The Morgan fingerprint density at radius 2 is 1.87 bits per heavy atom. The van der Waals surface area contributed by atoms with Gasteiger partial charge in [-0.15, -0.1) is 0 Å². The molecule has 0 aliphatic carbocycles. The molecule has 234 valence electrons. The van der Waals surface area contributed by atoms with Gasteiger partial charge in [-0.25, -0.2) is 0 Å². The van der Waals surface area contributed by atoms with Crippen LogP contribution < -0.4 is 19.7 Å². The minimum Gasteiger partial charge on any atom is -0.493 e. The molecule has 2 atom stereocenters. The number of aromatic nitrogens is 4. The van der Waals surface area contributed by atoms with Crippen LogP contribution in [0.3, 0.4) is 0 Å². The third kappa shape index (κ3) is 7.07. The number of piperidine rings is 1. The van der Waals surface area contributed by atoms with E-state index in [0.29, 0.717) is 62.3 Å². The minimum atomic E-state index is -0.380. The highest BCUT2D eigenvalue weighted by Crippen LogP contribution is 2.33. The van der Waals surface area contributed by atoms with Crippen molar-refractivity contribution < 1.29 is 23.8 Å². The van der Waals surface area contributed by atoms with Crippen LogP contribution in [0.15, 0.2) is 72.8 Å². The first-order valence-electron chi connectivity index (χ1n) is 15.2. The zero-order valence-electron chi connectivity index (χ0n) is 25.5. The number of likely N-dealkylation sites (N-methyl/N-ethyl adjacent to an activating group) is 1. The predicted octanol–water partition coefficient (Wildman–Crippen LogP) is 3.54. The highest BCUT2D eigenvalue weighted by molar-refractivity contribution is 5.85. The van der Waals surface area contributed by atoms with Gasteiger partial charge in [0.25, 0.3) is 0 Å². The molecule has 45 heavy (non-hydrogen) atoms. The van der Waals surface area contributed by atoms with E-state index in [9.17, 15) is 9.59 Å². The van der Waals surface area contributed by atoms with Crippen LogP contribution in [0, 0.1) is 0 Å². The van der Waals surface area contributed by atoms with Crippen LogP contribution in [0.5, 0.6) is 17.2 Å². The lowest BCUT2D eigenvalue weighted by molar-refractivity contribution is -0.136. The van der Waals surface area contributed by atoms with E-state index in [2.05, 4.69) is 25.7 Å². The Labute approximate surface area is 261 Å². The second kappa shape index (κ2) is 13.8. The van der Waals surface area contributed by atoms with Crippen molar-refractivity contribution >= 4 is 17.8 Å². The van der Waals surface area contributed by atoms with Crippen LogP contribution in [0.2, 0.25) is 0 Å². The molecule has 0 saturated carbocycles. The molecule has 0 spiro atoms. The monoisotopic (exact) mass is 611 g/mol. The van der Waals surface area contributed by atoms with E-state index in [4.69, 9.17) is 14.2 Å². The number of ether oxygens (including phenoxy) is 3. The molecule has 6 rings (SSSR count). The Balaban J connectivity index is 1.28. The first kappa shape index (κ1) is 30.1. The number of hydrogen-bond acceptors (Lipinski definition) is 9. The molecule has 1 N–H and O–H groups in total. The molecule has 2 amide bonds. The molecule has 12 heteroatoms. The Kier molecular flexibility index (Phi) is 9.20. The van der Waals surface area contributed by atoms with Gasteiger partial charge >= 0.3 is 0 Å². The summed E-state index contributed by atoms with van der Waals surface area (Å²) in [6.07, 6.45) is 1.00. The van der Waals surface area contributed by atoms with Gasteiger partial charge in [0.2, 0.25) is 17.8 Å². The smallest absolute Gasteiger partial charge is 0.250 e. The second-order valence-corrected chi connectivity index (χ2v) is 11.1. The summed E-state index contributed by atoms with van der Waals surface area (Å²) in [6.45, 7) is 3.64. The number of nitrogens with zero attached hydrogens (tertiary/aromatic N) is 6. The Bertz CT molecular complexity index is 1630. The van der Waals surface area contributed by atoms with Crippen molar-refractivity contribution in [2.24, 2.45) is 0 Å².